The van der Waals surface area contributed by atoms with Gasteiger partial charge in [0.2, 0.25) is 0 Å². The van der Waals surface area contributed by atoms with Crippen molar-refractivity contribution in [3.8, 4) is 22.4 Å². The molecule has 0 fully saturated rings. The van der Waals surface area contributed by atoms with E-state index in [1.54, 1.807) is 53.6 Å². The maximum absolute atomic E-state index is 13.2. The second-order valence-corrected chi connectivity index (χ2v) is 7.92. The number of aryl methyl sites for hydroxylation is 1. The molecule has 3 aromatic heterocycles. The number of aromatic nitrogens is 4. The number of alkyl halides is 3. The fraction of sp³-hybridized carbons (Fsp3) is 0.0769. The normalized spacial score (nSPS) is 11.5. The summed E-state index contributed by atoms with van der Waals surface area (Å²) < 4.78 is 41.4. The van der Waals surface area contributed by atoms with Crippen LogP contribution in [0, 0.1) is 6.92 Å². The second kappa shape index (κ2) is 8.68. The number of nitrogens with zero attached hydrogens (tertiary/aromatic N) is 4. The van der Waals surface area contributed by atoms with Crippen molar-refractivity contribution in [3.05, 3.63) is 102 Å². The van der Waals surface area contributed by atoms with E-state index in [-0.39, 0.29) is 11.1 Å². The van der Waals surface area contributed by atoms with E-state index in [4.69, 9.17) is 0 Å². The van der Waals surface area contributed by atoms with Gasteiger partial charge in [0.25, 0.3) is 5.91 Å². The molecule has 0 aliphatic heterocycles. The third-order valence-corrected chi connectivity index (χ3v) is 5.61. The van der Waals surface area contributed by atoms with Gasteiger partial charge in [-0.1, -0.05) is 18.2 Å². The summed E-state index contributed by atoms with van der Waals surface area (Å²) in [6.45, 7) is 1.36. The SMILES string of the molecule is Cc1ccc(C(=O)Nc2cccc(-c3ccnc4c(-c5ccncc5)cnn34)c2)cc1C(F)(F)F. The summed E-state index contributed by atoms with van der Waals surface area (Å²) in [7, 11) is 0. The fourth-order valence-electron chi connectivity index (χ4n) is 3.87. The highest BCUT2D eigenvalue weighted by atomic mass is 19.4. The van der Waals surface area contributed by atoms with Gasteiger partial charge in [-0.05, 0) is 60.5 Å². The maximum Gasteiger partial charge on any atom is 0.416 e. The zero-order valence-corrected chi connectivity index (χ0v) is 18.4. The Balaban J connectivity index is 1.46. The van der Waals surface area contributed by atoms with Crippen LogP contribution >= 0.6 is 0 Å². The van der Waals surface area contributed by atoms with Crippen molar-refractivity contribution < 1.29 is 18.0 Å². The molecule has 1 amide bonds. The molecule has 2 aromatic carbocycles. The van der Waals surface area contributed by atoms with Crippen LogP contribution in [0.25, 0.3) is 28.0 Å². The molecule has 0 aliphatic rings. The van der Waals surface area contributed by atoms with E-state index < -0.39 is 17.6 Å². The Kier molecular flexibility index (Phi) is 5.52. The molecule has 174 valence electrons. The molecule has 9 heteroatoms. The summed E-state index contributed by atoms with van der Waals surface area (Å²) in [6, 6.07) is 16.1. The van der Waals surface area contributed by atoms with Gasteiger partial charge in [-0.15, -0.1) is 0 Å². The Morgan fingerprint density at radius 3 is 2.51 bits per heavy atom. The summed E-state index contributed by atoms with van der Waals surface area (Å²) in [6.07, 6.45) is 2.25. The molecule has 35 heavy (non-hydrogen) atoms. The highest BCUT2D eigenvalue weighted by molar-refractivity contribution is 6.04. The Morgan fingerprint density at radius 2 is 1.74 bits per heavy atom. The van der Waals surface area contributed by atoms with Gasteiger partial charge < -0.3 is 5.32 Å². The van der Waals surface area contributed by atoms with Crippen LogP contribution in [0.5, 0.6) is 0 Å². The zero-order valence-electron chi connectivity index (χ0n) is 18.4. The number of carbonyl (C=O) groups excluding carboxylic acids is 1. The predicted octanol–water partition coefficient (Wildman–Crippen LogP) is 6.04. The average molecular weight is 473 g/mol. The number of carbonyl (C=O) groups is 1. The monoisotopic (exact) mass is 473 g/mol. The first kappa shape index (κ1) is 22.3. The maximum atomic E-state index is 13.2. The van der Waals surface area contributed by atoms with Gasteiger partial charge in [-0.25, -0.2) is 9.50 Å². The molecule has 3 heterocycles. The van der Waals surface area contributed by atoms with E-state index in [9.17, 15) is 18.0 Å². The molecule has 5 aromatic rings. The standard InChI is InChI=1S/C26H18F3N5O/c1-16-5-6-19(14-22(16)26(27,28)29)25(35)33-20-4-2-3-18(13-20)23-9-12-31-24-21(15-32-34(23)24)17-7-10-30-11-8-17/h2-15H,1H3,(H,33,35). The molecule has 0 radical (unpaired) electrons. The lowest BCUT2D eigenvalue weighted by molar-refractivity contribution is -0.138. The van der Waals surface area contributed by atoms with E-state index in [1.165, 1.54) is 19.1 Å². The molecule has 1 N–H and O–H groups in total. The zero-order chi connectivity index (χ0) is 24.6. The van der Waals surface area contributed by atoms with Crippen LogP contribution in [0.1, 0.15) is 21.5 Å². The first-order valence-electron chi connectivity index (χ1n) is 10.6. The first-order chi connectivity index (χ1) is 16.8. The highest BCUT2D eigenvalue weighted by Gasteiger charge is 2.33. The third-order valence-electron chi connectivity index (χ3n) is 5.61. The number of anilines is 1. The minimum absolute atomic E-state index is 0.0584. The lowest BCUT2D eigenvalue weighted by Gasteiger charge is -2.13. The van der Waals surface area contributed by atoms with Crippen molar-refractivity contribution in [2.24, 2.45) is 0 Å². The lowest BCUT2D eigenvalue weighted by atomic mass is 10.0. The number of hydrogen-bond donors (Lipinski definition) is 1. The molecule has 0 unspecified atom stereocenters. The minimum Gasteiger partial charge on any atom is -0.322 e. The van der Waals surface area contributed by atoms with Gasteiger partial charge in [0.15, 0.2) is 5.65 Å². The molecule has 0 saturated carbocycles. The molecule has 5 rings (SSSR count). The third kappa shape index (κ3) is 4.35. The topological polar surface area (TPSA) is 72.2 Å². The molecule has 0 saturated heterocycles. The van der Waals surface area contributed by atoms with Gasteiger partial charge in [-0.2, -0.15) is 18.3 Å². The van der Waals surface area contributed by atoms with E-state index in [2.05, 4.69) is 20.4 Å². The number of rotatable bonds is 4. The van der Waals surface area contributed by atoms with Crippen LogP contribution in [0.2, 0.25) is 0 Å². The highest BCUT2D eigenvalue weighted by Crippen LogP contribution is 2.33. The average Bonchev–Trinajstić information content (AvgIpc) is 3.28. The van der Waals surface area contributed by atoms with E-state index >= 15 is 0 Å². The molecule has 0 bridgehead atoms. The summed E-state index contributed by atoms with van der Waals surface area (Å²) in [5.74, 6) is -0.633. The van der Waals surface area contributed by atoms with Gasteiger partial charge >= 0.3 is 6.18 Å². The summed E-state index contributed by atoms with van der Waals surface area (Å²) >= 11 is 0. The van der Waals surface area contributed by atoms with E-state index in [0.29, 0.717) is 11.3 Å². The summed E-state index contributed by atoms with van der Waals surface area (Å²) in [4.78, 5) is 21.2. The Bertz CT molecular complexity index is 1540. The number of fused-ring (bicyclic) bond motifs is 1. The molecule has 0 spiro atoms. The number of nitrogens with one attached hydrogen (secondary N) is 1. The Hall–Kier alpha value is -4.53. The molecule has 0 aliphatic carbocycles. The number of amides is 1. The summed E-state index contributed by atoms with van der Waals surface area (Å²) in [5, 5.41) is 7.18. The molecule has 0 atom stereocenters. The van der Waals surface area contributed by atoms with Crippen LogP contribution < -0.4 is 5.32 Å². The van der Waals surface area contributed by atoms with Crippen LogP contribution in [-0.2, 0) is 6.18 Å². The largest absolute Gasteiger partial charge is 0.416 e. The number of halogens is 3. The van der Waals surface area contributed by atoms with Crippen molar-refractivity contribution in [1.82, 2.24) is 19.6 Å². The number of benzene rings is 2. The summed E-state index contributed by atoms with van der Waals surface area (Å²) in [5.41, 5.74) is 3.50. The quantitative estimate of drug-likeness (QED) is 0.346. The van der Waals surface area contributed by atoms with Crippen molar-refractivity contribution in [2.75, 3.05) is 5.32 Å². The predicted molar refractivity (Wildman–Crippen MR) is 126 cm³/mol. The van der Waals surface area contributed by atoms with Crippen molar-refractivity contribution in [2.45, 2.75) is 13.1 Å². The molecule has 6 nitrogen and oxygen atoms in total. The van der Waals surface area contributed by atoms with Gasteiger partial charge in [0.05, 0.1) is 17.5 Å². The van der Waals surface area contributed by atoms with Gasteiger partial charge in [-0.3, -0.25) is 9.78 Å². The smallest absolute Gasteiger partial charge is 0.322 e. The van der Waals surface area contributed by atoms with Crippen LogP contribution in [-0.4, -0.2) is 25.5 Å². The van der Waals surface area contributed by atoms with Crippen LogP contribution in [0.3, 0.4) is 0 Å². The first-order valence-corrected chi connectivity index (χ1v) is 10.6. The van der Waals surface area contributed by atoms with Gasteiger partial charge in [0, 0.05) is 41.0 Å². The van der Waals surface area contributed by atoms with Crippen molar-refractivity contribution >= 4 is 17.2 Å². The molecular formula is C26H18F3N5O. The minimum atomic E-state index is -4.54. The lowest BCUT2D eigenvalue weighted by Crippen LogP contribution is -2.15. The van der Waals surface area contributed by atoms with Crippen LogP contribution in [0.4, 0.5) is 18.9 Å². The molecular weight excluding hydrogens is 455 g/mol. The Labute approximate surface area is 198 Å². The Morgan fingerprint density at radius 1 is 0.943 bits per heavy atom. The number of hydrogen-bond acceptors (Lipinski definition) is 4. The van der Waals surface area contributed by atoms with Crippen LogP contribution in [0.15, 0.2) is 85.5 Å². The number of pyridine rings is 1. The second-order valence-electron chi connectivity index (χ2n) is 7.92. The van der Waals surface area contributed by atoms with Gasteiger partial charge in [0.1, 0.15) is 0 Å². The van der Waals surface area contributed by atoms with E-state index in [1.807, 2.05) is 18.2 Å². The fourth-order valence-corrected chi connectivity index (χ4v) is 3.87. The van der Waals surface area contributed by atoms with E-state index in [0.717, 1.165) is 28.5 Å². The van der Waals surface area contributed by atoms with Crippen molar-refractivity contribution in [3.63, 3.8) is 0 Å². The van der Waals surface area contributed by atoms with Crippen molar-refractivity contribution in [1.29, 1.82) is 0 Å².